The second kappa shape index (κ2) is 5.82. The van der Waals surface area contributed by atoms with Gasteiger partial charge in [0.1, 0.15) is 0 Å². The van der Waals surface area contributed by atoms with Crippen molar-refractivity contribution in [1.29, 1.82) is 0 Å². The molecule has 0 aliphatic carbocycles. The molecule has 1 nitrogen and oxygen atoms in total. The number of hydrogen-bond donors (Lipinski definition) is 0. The van der Waals surface area contributed by atoms with E-state index in [-0.39, 0.29) is 0 Å². The number of aryl methyl sites for hydroxylation is 1. The third-order valence-corrected chi connectivity index (χ3v) is 7.12. The van der Waals surface area contributed by atoms with Gasteiger partial charge in [-0.05, 0) is 45.3 Å². The lowest BCUT2D eigenvalue weighted by Gasteiger charge is -2.19. The molecule has 3 aromatic carbocycles. The summed E-state index contributed by atoms with van der Waals surface area (Å²) in [6.45, 7) is 9.35. The lowest BCUT2D eigenvalue weighted by Crippen LogP contribution is -2.39. The molecule has 0 spiro atoms. The van der Waals surface area contributed by atoms with Gasteiger partial charge in [0.25, 0.3) is 0 Å². The van der Waals surface area contributed by atoms with Crippen LogP contribution in [0.15, 0.2) is 66.9 Å². The highest BCUT2D eigenvalue weighted by molar-refractivity contribution is 6.89. The van der Waals surface area contributed by atoms with Crippen LogP contribution < -0.4 is 5.19 Å². The number of rotatable bonds is 2. The average molecular weight is 342 g/mol. The molecule has 1 heterocycles. The predicted molar refractivity (Wildman–Crippen MR) is 112 cm³/mol. The van der Waals surface area contributed by atoms with Crippen LogP contribution in [-0.4, -0.2) is 13.1 Å². The molecule has 0 radical (unpaired) electrons. The molecule has 4 aromatic rings. The fourth-order valence-corrected chi connectivity index (χ4v) is 5.46. The molecule has 0 aliphatic rings. The summed E-state index contributed by atoms with van der Waals surface area (Å²) in [5.41, 5.74) is 3.65. The SMILES string of the molecule is Cc1cc(-c2cccc3c2ccc2ccccc23)ncc1[Si](C)(C)C. The zero-order chi connectivity index (χ0) is 17.6. The van der Waals surface area contributed by atoms with Crippen molar-refractivity contribution in [2.75, 3.05) is 0 Å². The second-order valence-corrected chi connectivity index (χ2v) is 12.9. The predicted octanol–water partition coefficient (Wildman–Crippen LogP) is 5.91. The zero-order valence-electron chi connectivity index (χ0n) is 15.3. The van der Waals surface area contributed by atoms with Crippen molar-refractivity contribution in [2.24, 2.45) is 0 Å². The molecular formula is C23H23NSi. The minimum absolute atomic E-state index is 1.07. The van der Waals surface area contributed by atoms with Crippen molar-refractivity contribution in [3.8, 4) is 11.3 Å². The Labute approximate surface area is 150 Å². The van der Waals surface area contributed by atoms with Gasteiger partial charge in [-0.2, -0.15) is 0 Å². The van der Waals surface area contributed by atoms with Gasteiger partial charge in [-0.15, -0.1) is 0 Å². The van der Waals surface area contributed by atoms with Crippen LogP contribution in [0.4, 0.5) is 0 Å². The average Bonchev–Trinajstić information content (AvgIpc) is 2.60. The Balaban J connectivity index is 1.96. The van der Waals surface area contributed by atoms with E-state index in [4.69, 9.17) is 4.98 Å². The molecule has 25 heavy (non-hydrogen) atoms. The Kier molecular flexibility index (Phi) is 3.73. The number of aromatic nitrogens is 1. The molecule has 0 saturated carbocycles. The smallest absolute Gasteiger partial charge is 0.0799 e. The largest absolute Gasteiger partial charge is 0.256 e. The van der Waals surface area contributed by atoms with Gasteiger partial charge < -0.3 is 0 Å². The van der Waals surface area contributed by atoms with Crippen molar-refractivity contribution in [1.82, 2.24) is 4.98 Å². The summed E-state index contributed by atoms with van der Waals surface area (Å²) >= 11 is 0. The first-order valence-electron chi connectivity index (χ1n) is 8.83. The van der Waals surface area contributed by atoms with Crippen LogP contribution in [0.2, 0.25) is 19.6 Å². The summed E-state index contributed by atoms with van der Waals surface area (Å²) < 4.78 is 0. The molecular weight excluding hydrogens is 318 g/mol. The first-order chi connectivity index (χ1) is 11.9. The van der Waals surface area contributed by atoms with Crippen molar-refractivity contribution < 1.29 is 0 Å². The Bertz CT molecular complexity index is 1090. The summed E-state index contributed by atoms with van der Waals surface area (Å²) in [4.78, 5) is 4.84. The number of benzene rings is 3. The molecule has 0 bridgehead atoms. The fourth-order valence-electron chi connectivity index (χ4n) is 3.75. The number of pyridine rings is 1. The normalized spacial score (nSPS) is 12.0. The van der Waals surface area contributed by atoms with Gasteiger partial charge >= 0.3 is 0 Å². The monoisotopic (exact) mass is 341 g/mol. The number of fused-ring (bicyclic) bond motifs is 3. The zero-order valence-corrected chi connectivity index (χ0v) is 16.3. The molecule has 0 N–H and O–H groups in total. The van der Waals surface area contributed by atoms with Gasteiger partial charge in [0.2, 0.25) is 0 Å². The van der Waals surface area contributed by atoms with Crippen LogP contribution in [0.5, 0.6) is 0 Å². The molecule has 0 atom stereocenters. The minimum Gasteiger partial charge on any atom is -0.256 e. The third-order valence-electron chi connectivity index (χ3n) is 4.98. The van der Waals surface area contributed by atoms with Crippen LogP contribution in [0.1, 0.15) is 5.56 Å². The van der Waals surface area contributed by atoms with E-state index in [1.165, 1.54) is 37.9 Å². The van der Waals surface area contributed by atoms with Gasteiger partial charge in [-0.25, -0.2) is 0 Å². The first-order valence-corrected chi connectivity index (χ1v) is 12.3. The summed E-state index contributed by atoms with van der Waals surface area (Å²) in [5, 5.41) is 6.60. The molecule has 2 heteroatoms. The molecule has 4 rings (SSSR count). The molecule has 0 unspecified atom stereocenters. The Morgan fingerprint density at radius 2 is 1.52 bits per heavy atom. The molecule has 0 fully saturated rings. The minimum atomic E-state index is -1.35. The van der Waals surface area contributed by atoms with E-state index < -0.39 is 8.07 Å². The lowest BCUT2D eigenvalue weighted by atomic mass is 9.96. The maximum Gasteiger partial charge on any atom is 0.0799 e. The third kappa shape index (κ3) is 2.77. The Hall–Kier alpha value is -2.45. The van der Waals surface area contributed by atoms with E-state index in [1.54, 1.807) is 0 Å². The van der Waals surface area contributed by atoms with Gasteiger partial charge in [0.15, 0.2) is 0 Å². The molecule has 0 aliphatic heterocycles. The van der Waals surface area contributed by atoms with Crippen LogP contribution in [0, 0.1) is 6.92 Å². The van der Waals surface area contributed by atoms with Gasteiger partial charge in [0.05, 0.1) is 13.8 Å². The van der Waals surface area contributed by atoms with Gasteiger partial charge in [-0.1, -0.05) is 74.2 Å². The van der Waals surface area contributed by atoms with E-state index >= 15 is 0 Å². The summed E-state index contributed by atoms with van der Waals surface area (Å²) in [6, 6.07) is 21.8. The van der Waals surface area contributed by atoms with Crippen LogP contribution in [0.3, 0.4) is 0 Å². The van der Waals surface area contributed by atoms with Gasteiger partial charge in [-0.3, -0.25) is 4.98 Å². The fraction of sp³-hybridized carbons (Fsp3) is 0.174. The van der Waals surface area contributed by atoms with Crippen molar-refractivity contribution in [3.63, 3.8) is 0 Å². The summed E-state index contributed by atoms with van der Waals surface area (Å²) in [7, 11) is -1.35. The molecule has 0 amide bonds. The Morgan fingerprint density at radius 3 is 2.28 bits per heavy atom. The van der Waals surface area contributed by atoms with Crippen molar-refractivity contribution in [2.45, 2.75) is 26.6 Å². The summed E-state index contributed by atoms with van der Waals surface area (Å²) in [6.07, 6.45) is 2.11. The van der Waals surface area contributed by atoms with Crippen LogP contribution in [0.25, 0.3) is 32.8 Å². The number of hydrogen-bond acceptors (Lipinski definition) is 1. The maximum atomic E-state index is 4.84. The van der Waals surface area contributed by atoms with E-state index in [1.807, 2.05) is 0 Å². The van der Waals surface area contributed by atoms with Gasteiger partial charge in [0, 0.05) is 11.8 Å². The van der Waals surface area contributed by atoms with E-state index in [2.05, 4.69) is 93.4 Å². The molecule has 1 aromatic heterocycles. The standard InChI is InChI=1S/C23H23NSi/c1-16-14-22(24-15-23(16)25(2,3)4)21-11-7-10-19-18-9-6-5-8-17(18)12-13-20(19)21/h5-15H,1-4H3. The quantitative estimate of drug-likeness (QED) is 0.326. The highest BCUT2D eigenvalue weighted by Gasteiger charge is 2.19. The van der Waals surface area contributed by atoms with Crippen LogP contribution >= 0.6 is 0 Å². The van der Waals surface area contributed by atoms with E-state index in [0.717, 1.165) is 5.69 Å². The first kappa shape index (κ1) is 16.0. The molecule has 124 valence electrons. The maximum absolute atomic E-state index is 4.84. The molecule has 0 saturated heterocycles. The van der Waals surface area contributed by atoms with Crippen molar-refractivity contribution in [3.05, 3.63) is 72.4 Å². The van der Waals surface area contributed by atoms with Crippen molar-refractivity contribution >= 4 is 34.8 Å². The highest BCUT2D eigenvalue weighted by atomic mass is 28.3. The van der Waals surface area contributed by atoms with E-state index in [0.29, 0.717) is 0 Å². The van der Waals surface area contributed by atoms with Crippen LogP contribution in [-0.2, 0) is 0 Å². The highest BCUT2D eigenvalue weighted by Crippen LogP contribution is 2.32. The second-order valence-electron chi connectivity index (χ2n) is 7.82. The van der Waals surface area contributed by atoms with E-state index in [9.17, 15) is 0 Å². The Morgan fingerprint density at radius 1 is 0.760 bits per heavy atom. The topological polar surface area (TPSA) is 12.9 Å². The lowest BCUT2D eigenvalue weighted by molar-refractivity contribution is 1.31. The number of nitrogens with zero attached hydrogens (tertiary/aromatic N) is 1. The summed E-state index contributed by atoms with van der Waals surface area (Å²) in [5.74, 6) is 0.